The number of hydrogen-bond donors (Lipinski definition) is 2. The standard InChI is InChI=1S/C14H18N2O2/c1-4-12(17)15-11-7-10-5-6-14(11,8-10)16-13(18)9(2)3/h4,7,10H,1-2,5-6,8H2,3H3,(H,15,17)(H,16,18). The molecule has 0 saturated heterocycles. The number of rotatable bonds is 4. The van der Waals surface area contributed by atoms with Crippen molar-refractivity contribution in [3.63, 3.8) is 0 Å². The van der Waals surface area contributed by atoms with Crippen molar-refractivity contribution in [1.29, 1.82) is 0 Å². The third-order valence-electron chi connectivity index (χ3n) is 3.65. The lowest BCUT2D eigenvalue weighted by atomic mass is 9.94. The molecule has 2 amide bonds. The molecule has 1 saturated carbocycles. The van der Waals surface area contributed by atoms with Gasteiger partial charge in [0.2, 0.25) is 11.8 Å². The Hall–Kier alpha value is -1.84. The van der Waals surface area contributed by atoms with Crippen molar-refractivity contribution in [2.75, 3.05) is 0 Å². The number of amides is 2. The minimum absolute atomic E-state index is 0.156. The molecule has 2 unspecified atom stereocenters. The Morgan fingerprint density at radius 3 is 2.83 bits per heavy atom. The molecule has 2 aliphatic rings. The van der Waals surface area contributed by atoms with Crippen molar-refractivity contribution in [2.24, 2.45) is 5.92 Å². The highest BCUT2D eigenvalue weighted by Crippen LogP contribution is 2.46. The number of nitrogens with one attached hydrogen (secondary N) is 2. The van der Waals surface area contributed by atoms with Crippen molar-refractivity contribution < 1.29 is 9.59 Å². The minimum Gasteiger partial charge on any atom is -0.341 e. The van der Waals surface area contributed by atoms with Gasteiger partial charge < -0.3 is 10.6 Å². The number of carbonyl (C=O) groups is 2. The molecule has 2 N–H and O–H groups in total. The lowest BCUT2D eigenvalue weighted by molar-refractivity contribution is -0.120. The summed E-state index contributed by atoms with van der Waals surface area (Å²) in [4.78, 5) is 23.2. The predicted octanol–water partition coefficient (Wildman–Crippen LogP) is 1.42. The second kappa shape index (κ2) is 4.44. The van der Waals surface area contributed by atoms with Crippen LogP contribution in [-0.2, 0) is 9.59 Å². The zero-order valence-corrected chi connectivity index (χ0v) is 10.6. The summed E-state index contributed by atoms with van der Waals surface area (Å²) in [7, 11) is 0. The smallest absolute Gasteiger partial charge is 0.247 e. The lowest BCUT2D eigenvalue weighted by Crippen LogP contribution is -2.51. The van der Waals surface area contributed by atoms with Gasteiger partial charge in [-0.2, -0.15) is 0 Å². The molecule has 96 valence electrons. The van der Waals surface area contributed by atoms with Crippen LogP contribution in [0.2, 0.25) is 0 Å². The Labute approximate surface area is 107 Å². The monoisotopic (exact) mass is 246 g/mol. The number of fused-ring (bicyclic) bond motifs is 2. The summed E-state index contributed by atoms with van der Waals surface area (Å²) in [5.74, 6) is 0.0459. The van der Waals surface area contributed by atoms with E-state index < -0.39 is 5.54 Å². The van der Waals surface area contributed by atoms with Gasteiger partial charge >= 0.3 is 0 Å². The Balaban J connectivity index is 2.17. The topological polar surface area (TPSA) is 58.2 Å². The summed E-state index contributed by atoms with van der Waals surface area (Å²) >= 11 is 0. The van der Waals surface area contributed by atoms with E-state index >= 15 is 0 Å². The van der Waals surface area contributed by atoms with Crippen molar-refractivity contribution >= 4 is 11.8 Å². The van der Waals surface area contributed by atoms with Gasteiger partial charge in [-0.15, -0.1) is 0 Å². The van der Waals surface area contributed by atoms with Crippen molar-refractivity contribution in [2.45, 2.75) is 31.7 Å². The molecule has 1 fully saturated rings. The molecule has 4 heteroatoms. The van der Waals surface area contributed by atoms with Gasteiger partial charge in [0.05, 0.1) is 5.54 Å². The van der Waals surface area contributed by atoms with Crippen LogP contribution in [0.15, 0.2) is 36.6 Å². The molecule has 4 nitrogen and oxygen atoms in total. The van der Waals surface area contributed by atoms with Gasteiger partial charge in [-0.05, 0) is 38.2 Å². The van der Waals surface area contributed by atoms with E-state index in [1.54, 1.807) is 6.92 Å². The first-order chi connectivity index (χ1) is 8.47. The molecule has 0 aromatic heterocycles. The predicted molar refractivity (Wildman–Crippen MR) is 69.5 cm³/mol. The number of carbonyl (C=O) groups excluding carboxylic acids is 2. The second-order valence-corrected chi connectivity index (χ2v) is 5.09. The van der Waals surface area contributed by atoms with E-state index in [9.17, 15) is 9.59 Å². The van der Waals surface area contributed by atoms with E-state index in [0.717, 1.165) is 25.0 Å². The molecule has 2 bridgehead atoms. The fourth-order valence-electron chi connectivity index (χ4n) is 2.72. The quantitative estimate of drug-likeness (QED) is 0.737. The summed E-state index contributed by atoms with van der Waals surface area (Å²) in [6.45, 7) is 8.76. The largest absolute Gasteiger partial charge is 0.341 e. The van der Waals surface area contributed by atoms with Crippen LogP contribution in [0.5, 0.6) is 0 Å². The Morgan fingerprint density at radius 2 is 2.28 bits per heavy atom. The molecule has 0 aliphatic heterocycles. The normalized spacial score (nSPS) is 28.5. The van der Waals surface area contributed by atoms with Crippen molar-refractivity contribution in [1.82, 2.24) is 10.6 Å². The summed E-state index contributed by atoms with van der Waals surface area (Å²) in [6, 6.07) is 0. The van der Waals surface area contributed by atoms with Crippen LogP contribution >= 0.6 is 0 Å². The minimum atomic E-state index is -0.417. The van der Waals surface area contributed by atoms with E-state index in [2.05, 4.69) is 23.8 Å². The summed E-state index contributed by atoms with van der Waals surface area (Å²) < 4.78 is 0. The zero-order chi connectivity index (χ0) is 13.3. The average molecular weight is 246 g/mol. The van der Waals surface area contributed by atoms with Crippen molar-refractivity contribution in [3.05, 3.63) is 36.6 Å². The average Bonchev–Trinajstić information content (AvgIpc) is 2.85. The number of allylic oxidation sites excluding steroid dienone is 1. The summed E-state index contributed by atoms with van der Waals surface area (Å²) in [5, 5.41) is 5.81. The molecule has 2 aliphatic carbocycles. The first-order valence-electron chi connectivity index (χ1n) is 6.10. The highest BCUT2D eigenvalue weighted by molar-refractivity contribution is 5.93. The Kier molecular flexibility index (Phi) is 3.11. The third kappa shape index (κ3) is 2.10. The maximum Gasteiger partial charge on any atom is 0.247 e. The van der Waals surface area contributed by atoms with Crippen molar-refractivity contribution in [3.8, 4) is 0 Å². The van der Waals surface area contributed by atoms with Gasteiger partial charge in [0.15, 0.2) is 0 Å². The van der Waals surface area contributed by atoms with Gasteiger partial charge in [0.1, 0.15) is 0 Å². The molecule has 18 heavy (non-hydrogen) atoms. The fourth-order valence-corrected chi connectivity index (χ4v) is 2.72. The van der Waals surface area contributed by atoms with Crippen LogP contribution in [-0.4, -0.2) is 17.4 Å². The van der Waals surface area contributed by atoms with E-state index in [0.29, 0.717) is 11.5 Å². The summed E-state index contributed by atoms with van der Waals surface area (Å²) in [6.07, 6.45) is 6.05. The van der Waals surface area contributed by atoms with Crippen LogP contribution < -0.4 is 10.6 Å². The van der Waals surface area contributed by atoms with E-state index in [1.165, 1.54) is 6.08 Å². The van der Waals surface area contributed by atoms with Gasteiger partial charge in [-0.3, -0.25) is 9.59 Å². The van der Waals surface area contributed by atoms with E-state index in [1.807, 2.05) is 6.08 Å². The lowest BCUT2D eigenvalue weighted by Gasteiger charge is -2.31. The van der Waals surface area contributed by atoms with Crippen LogP contribution in [0.4, 0.5) is 0 Å². The highest BCUT2D eigenvalue weighted by Gasteiger charge is 2.48. The molecule has 0 radical (unpaired) electrons. The zero-order valence-electron chi connectivity index (χ0n) is 10.6. The molecule has 0 aromatic carbocycles. The third-order valence-corrected chi connectivity index (χ3v) is 3.65. The summed E-state index contributed by atoms with van der Waals surface area (Å²) in [5.41, 5.74) is 0.867. The maximum atomic E-state index is 11.8. The Morgan fingerprint density at radius 1 is 1.56 bits per heavy atom. The first-order valence-corrected chi connectivity index (χ1v) is 6.10. The molecule has 2 atom stereocenters. The molecule has 2 rings (SSSR count). The van der Waals surface area contributed by atoms with E-state index in [4.69, 9.17) is 0 Å². The van der Waals surface area contributed by atoms with Gasteiger partial charge in [-0.1, -0.05) is 19.2 Å². The first kappa shape index (κ1) is 12.6. The van der Waals surface area contributed by atoms with Gasteiger partial charge in [0.25, 0.3) is 0 Å². The molecular formula is C14H18N2O2. The van der Waals surface area contributed by atoms with Crippen LogP contribution in [0.1, 0.15) is 26.2 Å². The SMILES string of the molecule is C=CC(=O)NC1=CC2CCC1(NC(=O)C(=C)C)C2. The molecule has 0 aromatic rings. The second-order valence-electron chi connectivity index (χ2n) is 5.09. The highest BCUT2D eigenvalue weighted by atomic mass is 16.2. The Bertz CT molecular complexity index is 464. The maximum absolute atomic E-state index is 11.8. The molecule has 0 spiro atoms. The van der Waals surface area contributed by atoms with Gasteiger partial charge in [0, 0.05) is 11.3 Å². The molecular weight excluding hydrogens is 228 g/mol. The van der Waals surface area contributed by atoms with Crippen LogP contribution in [0.3, 0.4) is 0 Å². The molecule has 0 heterocycles. The fraction of sp³-hybridized carbons (Fsp3) is 0.429. The van der Waals surface area contributed by atoms with Crippen LogP contribution in [0.25, 0.3) is 0 Å². The van der Waals surface area contributed by atoms with E-state index in [-0.39, 0.29) is 11.8 Å². The number of hydrogen-bond acceptors (Lipinski definition) is 2. The van der Waals surface area contributed by atoms with Crippen LogP contribution in [0, 0.1) is 5.92 Å². The van der Waals surface area contributed by atoms with Gasteiger partial charge in [-0.25, -0.2) is 0 Å².